The zero-order valence-corrected chi connectivity index (χ0v) is 12.9. The molecular formula is C15H21BrN2O. The number of ether oxygens (including phenoxy) is 1. The molecule has 0 amide bonds. The summed E-state index contributed by atoms with van der Waals surface area (Å²) in [6.07, 6.45) is 3.28. The van der Waals surface area contributed by atoms with Crippen molar-refractivity contribution in [2.75, 3.05) is 19.6 Å². The highest BCUT2D eigenvalue weighted by Crippen LogP contribution is 2.44. The maximum Gasteiger partial charge on any atom is 0.126 e. The summed E-state index contributed by atoms with van der Waals surface area (Å²) < 4.78 is 7.50. The highest BCUT2D eigenvalue weighted by atomic mass is 79.9. The molecule has 104 valence electrons. The topological polar surface area (TPSA) is 33.3 Å². The van der Waals surface area contributed by atoms with E-state index in [1.165, 1.54) is 5.56 Å². The van der Waals surface area contributed by atoms with Crippen LogP contribution in [-0.4, -0.2) is 25.2 Å². The molecule has 3 rings (SSSR count). The zero-order chi connectivity index (χ0) is 13.3. The lowest BCUT2D eigenvalue weighted by Crippen LogP contribution is -2.50. The van der Waals surface area contributed by atoms with Crippen LogP contribution in [0.15, 0.2) is 22.7 Å². The van der Waals surface area contributed by atoms with Gasteiger partial charge < -0.3 is 15.4 Å². The van der Waals surface area contributed by atoms with Crippen molar-refractivity contribution in [3.05, 3.63) is 28.2 Å². The van der Waals surface area contributed by atoms with Crippen LogP contribution in [0.25, 0.3) is 0 Å². The van der Waals surface area contributed by atoms with Crippen molar-refractivity contribution in [2.45, 2.75) is 37.8 Å². The third kappa shape index (κ3) is 2.67. The van der Waals surface area contributed by atoms with Crippen molar-refractivity contribution >= 4 is 15.9 Å². The number of fused-ring (bicyclic) bond motifs is 1. The molecule has 0 saturated carbocycles. The fourth-order valence-corrected chi connectivity index (χ4v) is 3.60. The van der Waals surface area contributed by atoms with Gasteiger partial charge in [0.05, 0.1) is 0 Å². The van der Waals surface area contributed by atoms with Gasteiger partial charge in [-0.1, -0.05) is 28.9 Å². The average Bonchev–Trinajstić information content (AvgIpc) is 2.39. The number of hydrogen-bond donors (Lipinski definition) is 2. The van der Waals surface area contributed by atoms with Crippen LogP contribution in [0, 0.1) is 0 Å². The van der Waals surface area contributed by atoms with Crippen LogP contribution in [-0.2, 0) is 0 Å². The maximum atomic E-state index is 6.41. The number of nitrogens with one attached hydrogen (secondary N) is 2. The third-order valence-corrected chi connectivity index (χ3v) is 4.71. The second kappa shape index (κ2) is 5.43. The Labute approximate surface area is 123 Å². The van der Waals surface area contributed by atoms with E-state index in [0.29, 0.717) is 6.04 Å². The lowest BCUT2D eigenvalue weighted by Gasteiger charge is -2.45. The summed E-state index contributed by atoms with van der Waals surface area (Å²) in [6, 6.07) is 6.82. The molecule has 1 spiro atoms. The molecule has 4 heteroatoms. The van der Waals surface area contributed by atoms with E-state index >= 15 is 0 Å². The van der Waals surface area contributed by atoms with Gasteiger partial charge in [0.2, 0.25) is 0 Å². The first kappa shape index (κ1) is 13.4. The SMILES string of the molecule is CCNC1CC2(CCNCC2)Oc2cc(Br)ccc21. The van der Waals surface area contributed by atoms with Gasteiger partial charge in [-0.05, 0) is 44.6 Å². The van der Waals surface area contributed by atoms with Crippen molar-refractivity contribution in [2.24, 2.45) is 0 Å². The number of rotatable bonds is 2. The summed E-state index contributed by atoms with van der Waals surface area (Å²) >= 11 is 3.55. The number of halogens is 1. The minimum atomic E-state index is 0.0197. The first-order chi connectivity index (χ1) is 9.22. The molecule has 2 N–H and O–H groups in total. The summed E-state index contributed by atoms with van der Waals surface area (Å²) in [7, 11) is 0. The Balaban J connectivity index is 1.94. The van der Waals surface area contributed by atoms with Crippen molar-refractivity contribution in [1.82, 2.24) is 10.6 Å². The Kier molecular flexibility index (Phi) is 3.83. The predicted molar refractivity (Wildman–Crippen MR) is 80.6 cm³/mol. The lowest BCUT2D eigenvalue weighted by atomic mass is 9.81. The molecule has 1 saturated heterocycles. The molecule has 1 aromatic rings. The molecule has 0 radical (unpaired) electrons. The van der Waals surface area contributed by atoms with Gasteiger partial charge in [0.25, 0.3) is 0 Å². The van der Waals surface area contributed by atoms with Crippen molar-refractivity contribution in [3.63, 3.8) is 0 Å². The molecule has 0 bridgehead atoms. The van der Waals surface area contributed by atoms with Gasteiger partial charge in [-0.15, -0.1) is 0 Å². The van der Waals surface area contributed by atoms with E-state index in [2.05, 4.69) is 51.7 Å². The van der Waals surface area contributed by atoms with Gasteiger partial charge >= 0.3 is 0 Å². The molecule has 2 heterocycles. The molecule has 1 atom stereocenters. The Hall–Kier alpha value is -0.580. The van der Waals surface area contributed by atoms with Crippen LogP contribution in [0.4, 0.5) is 0 Å². The highest BCUT2D eigenvalue weighted by molar-refractivity contribution is 9.10. The summed E-state index contributed by atoms with van der Waals surface area (Å²) in [6.45, 7) is 5.28. The largest absolute Gasteiger partial charge is 0.487 e. The average molecular weight is 325 g/mol. The quantitative estimate of drug-likeness (QED) is 0.877. The van der Waals surface area contributed by atoms with Crippen LogP contribution >= 0.6 is 15.9 Å². The Morgan fingerprint density at radius 3 is 2.95 bits per heavy atom. The second-order valence-electron chi connectivity index (χ2n) is 5.53. The molecule has 1 aromatic carbocycles. The molecule has 1 fully saturated rings. The van der Waals surface area contributed by atoms with Crippen LogP contribution in [0.5, 0.6) is 5.75 Å². The van der Waals surface area contributed by atoms with E-state index in [4.69, 9.17) is 4.74 Å². The monoisotopic (exact) mass is 324 g/mol. The van der Waals surface area contributed by atoms with E-state index < -0.39 is 0 Å². The van der Waals surface area contributed by atoms with Crippen molar-refractivity contribution in [3.8, 4) is 5.75 Å². The first-order valence-corrected chi connectivity index (χ1v) is 7.94. The number of hydrogen-bond acceptors (Lipinski definition) is 3. The van der Waals surface area contributed by atoms with E-state index in [-0.39, 0.29) is 5.60 Å². The van der Waals surface area contributed by atoms with E-state index in [1.54, 1.807) is 0 Å². The first-order valence-electron chi connectivity index (χ1n) is 7.15. The van der Waals surface area contributed by atoms with Gasteiger partial charge in [-0.2, -0.15) is 0 Å². The minimum absolute atomic E-state index is 0.0197. The summed E-state index contributed by atoms with van der Waals surface area (Å²) in [4.78, 5) is 0. The van der Waals surface area contributed by atoms with Gasteiger partial charge in [-0.25, -0.2) is 0 Å². The Bertz CT molecular complexity index is 457. The molecule has 2 aliphatic heterocycles. The normalized spacial score (nSPS) is 24.8. The third-order valence-electron chi connectivity index (χ3n) is 4.22. The van der Waals surface area contributed by atoms with Crippen LogP contribution in [0.2, 0.25) is 0 Å². The van der Waals surface area contributed by atoms with Crippen molar-refractivity contribution in [1.29, 1.82) is 0 Å². The second-order valence-corrected chi connectivity index (χ2v) is 6.45. The summed E-state index contributed by atoms with van der Waals surface area (Å²) in [5, 5.41) is 7.04. The van der Waals surface area contributed by atoms with Crippen molar-refractivity contribution < 1.29 is 4.74 Å². The highest BCUT2D eigenvalue weighted by Gasteiger charge is 2.41. The zero-order valence-electron chi connectivity index (χ0n) is 11.3. The maximum absolute atomic E-state index is 6.41. The molecule has 3 nitrogen and oxygen atoms in total. The molecule has 0 aliphatic carbocycles. The standard InChI is InChI=1S/C15H21BrN2O/c1-2-18-13-10-15(5-7-17-8-6-15)19-14-9-11(16)3-4-12(13)14/h3-4,9,13,17-18H,2,5-8,10H2,1H3. The number of piperidine rings is 1. The predicted octanol–water partition coefficient (Wildman–Crippen LogP) is 3.00. The molecule has 2 aliphatic rings. The Morgan fingerprint density at radius 1 is 1.42 bits per heavy atom. The van der Waals surface area contributed by atoms with Gasteiger partial charge in [0.15, 0.2) is 0 Å². The summed E-state index contributed by atoms with van der Waals surface area (Å²) in [5.74, 6) is 1.05. The summed E-state index contributed by atoms with van der Waals surface area (Å²) in [5.41, 5.74) is 1.32. The number of benzene rings is 1. The van der Waals surface area contributed by atoms with E-state index in [1.807, 2.05) is 0 Å². The fraction of sp³-hybridized carbons (Fsp3) is 0.600. The van der Waals surface area contributed by atoms with Gasteiger partial charge in [0, 0.05) is 22.5 Å². The minimum Gasteiger partial charge on any atom is -0.487 e. The van der Waals surface area contributed by atoms with Crippen LogP contribution < -0.4 is 15.4 Å². The molecule has 19 heavy (non-hydrogen) atoms. The molecule has 0 aromatic heterocycles. The van der Waals surface area contributed by atoms with Crippen LogP contribution in [0.1, 0.15) is 37.8 Å². The lowest BCUT2D eigenvalue weighted by molar-refractivity contribution is 0.00334. The molecule has 1 unspecified atom stereocenters. The van der Waals surface area contributed by atoms with E-state index in [0.717, 1.165) is 49.1 Å². The van der Waals surface area contributed by atoms with Crippen LogP contribution in [0.3, 0.4) is 0 Å². The van der Waals surface area contributed by atoms with E-state index in [9.17, 15) is 0 Å². The van der Waals surface area contributed by atoms with Gasteiger partial charge in [0.1, 0.15) is 11.4 Å². The fourth-order valence-electron chi connectivity index (χ4n) is 3.26. The smallest absolute Gasteiger partial charge is 0.126 e. The molecular weight excluding hydrogens is 304 g/mol. The van der Waals surface area contributed by atoms with Gasteiger partial charge in [-0.3, -0.25) is 0 Å². The Morgan fingerprint density at radius 2 is 2.21 bits per heavy atom.